The number of carbonyl (C=O) groups is 1. The molecule has 126 valence electrons. The number of hydrogen-bond donors (Lipinski definition) is 0. The number of likely N-dealkylation sites (tertiary alicyclic amines) is 1. The molecule has 7 nitrogen and oxygen atoms in total. The Labute approximate surface area is 140 Å². The van der Waals surface area contributed by atoms with E-state index >= 15 is 0 Å². The minimum absolute atomic E-state index is 0.138. The van der Waals surface area contributed by atoms with Crippen molar-refractivity contribution >= 4 is 23.5 Å². The minimum Gasteiger partial charge on any atom is -0.381 e. The fourth-order valence-corrected chi connectivity index (χ4v) is 3.04. The second kappa shape index (κ2) is 7.42. The maximum atomic E-state index is 12.7. The van der Waals surface area contributed by atoms with Gasteiger partial charge >= 0.3 is 0 Å². The van der Waals surface area contributed by atoms with Gasteiger partial charge < -0.3 is 19.3 Å². The van der Waals surface area contributed by atoms with Gasteiger partial charge in [0, 0.05) is 33.3 Å². The van der Waals surface area contributed by atoms with Crippen LogP contribution in [-0.2, 0) is 9.47 Å². The van der Waals surface area contributed by atoms with Gasteiger partial charge in [-0.15, -0.1) is 0 Å². The zero-order valence-corrected chi connectivity index (χ0v) is 14.0. The van der Waals surface area contributed by atoms with E-state index in [1.54, 1.807) is 12.0 Å². The third-order valence-electron chi connectivity index (χ3n) is 4.29. The lowest BCUT2D eigenvalue weighted by atomic mass is 10.1. The Hall–Kier alpha value is -1.44. The summed E-state index contributed by atoms with van der Waals surface area (Å²) in [6, 6.07) is 0. The van der Waals surface area contributed by atoms with E-state index in [9.17, 15) is 4.79 Å². The quantitative estimate of drug-likeness (QED) is 0.824. The van der Waals surface area contributed by atoms with Crippen LogP contribution in [0, 0.1) is 0 Å². The van der Waals surface area contributed by atoms with Crippen molar-refractivity contribution in [3.05, 3.63) is 16.9 Å². The molecule has 0 N–H and O–H groups in total. The zero-order chi connectivity index (χ0) is 16.2. The number of methoxy groups -OCH3 is 1. The van der Waals surface area contributed by atoms with E-state index in [0.29, 0.717) is 50.4 Å². The van der Waals surface area contributed by atoms with Crippen molar-refractivity contribution in [2.75, 3.05) is 51.4 Å². The number of hydrogen-bond acceptors (Lipinski definition) is 6. The summed E-state index contributed by atoms with van der Waals surface area (Å²) in [5, 5.41) is 0.292. The van der Waals surface area contributed by atoms with Crippen LogP contribution in [0.1, 0.15) is 23.3 Å². The van der Waals surface area contributed by atoms with Crippen molar-refractivity contribution in [3.8, 4) is 0 Å². The molecule has 3 rings (SSSR count). The predicted octanol–water partition coefficient (Wildman–Crippen LogP) is 1.22. The van der Waals surface area contributed by atoms with Crippen molar-refractivity contribution in [3.63, 3.8) is 0 Å². The number of amides is 1. The van der Waals surface area contributed by atoms with Gasteiger partial charge in [0.25, 0.3) is 5.91 Å². The van der Waals surface area contributed by atoms with Gasteiger partial charge in [-0.25, -0.2) is 9.97 Å². The highest BCUT2D eigenvalue weighted by Crippen LogP contribution is 2.21. The molecule has 1 aromatic heterocycles. The molecule has 0 bridgehead atoms. The fourth-order valence-electron chi connectivity index (χ4n) is 2.87. The Kier molecular flexibility index (Phi) is 5.30. The van der Waals surface area contributed by atoms with Gasteiger partial charge in [0.1, 0.15) is 0 Å². The van der Waals surface area contributed by atoms with Crippen LogP contribution >= 0.6 is 11.6 Å². The van der Waals surface area contributed by atoms with E-state index in [2.05, 4.69) is 9.97 Å². The first kappa shape index (κ1) is 16.4. The highest BCUT2D eigenvalue weighted by atomic mass is 35.5. The zero-order valence-electron chi connectivity index (χ0n) is 13.2. The van der Waals surface area contributed by atoms with Crippen molar-refractivity contribution in [1.29, 1.82) is 0 Å². The molecule has 0 spiro atoms. The number of ether oxygens (including phenoxy) is 2. The molecule has 0 radical (unpaired) electrons. The average Bonchev–Trinajstić information content (AvgIpc) is 2.62. The lowest BCUT2D eigenvalue weighted by Gasteiger charge is -2.31. The van der Waals surface area contributed by atoms with Crippen LogP contribution in [0.5, 0.6) is 0 Å². The Morgan fingerprint density at radius 2 is 2.00 bits per heavy atom. The molecule has 3 heterocycles. The van der Waals surface area contributed by atoms with Crippen molar-refractivity contribution in [2.45, 2.75) is 18.9 Å². The third kappa shape index (κ3) is 3.73. The normalized spacial score (nSPS) is 19.9. The molecule has 1 amide bonds. The van der Waals surface area contributed by atoms with E-state index in [1.807, 2.05) is 4.90 Å². The van der Waals surface area contributed by atoms with Crippen LogP contribution < -0.4 is 4.90 Å². The summed E-state index contributed by atoms with van der Waals surface area (Å²) in [4.78, 5) is 25.2. The molecule has 23 heavy (non-hydrogen) atoms. The summed E-state index contributed by atoms with van der Waals surface area (Å²) in [5.74, 6) is 0.397. The summed E-state index contributed by atoms with van der Waals surface area (Å²) >= 11 is 6.16. The van der Waals surface area contributed by atoms with Crippen molar-refractivity contribution < 1.29 is 14.3 Å². The average molecular weight is 341 g/mol. The van der Waals surface area contributed by atoms with E-state index in [1.165, 1.54) is 6.20 Å². The van der Waals surface area contributed by atoms with Gasteiger partial charge in [-0.05, 0) is 12.8 Å². The van der Waals surface area contributed by atoms with E-state index in [-0.39, 0.29) is 17.7 Å². The number of aromatic nitrogens is 2. The van der Waals surface area contributed by atoms with Crippen LogP contribution in [0.3, 0.4) is 0 Å². The monoisotopic (exact) mass is 340 g/mol. The lowest BCUT2D eigenvalue weighted by molar-refractivity contribution is 0.0347. The Morgan fingerprint density at radius 1 is 1.30 bits per heavy atom. The minimum atomic E-state index is -0.138. The van der Waals surface area contributed by atoms with Gasteiger partial charge in [0.05, 0.1) is 30.5 Å². The molecule has 1 aromatic rings. The lowest BCUT2D eigenvalue weighted by Crippen LogP contribution is -2.41. The van der Waals surface area contributed by atoms with Gasteiger partial charge in [-0.2, -0.15) is 0 Å². The Morgan fingerprint density at radius 3 is 2.65 bits per heavy atom. The number of nitrogens with zero attached hydrogens (tertiary/aromatic N) is 4. The maximum Gasteiger partial charge on any atom is 0.274 e. The summed E-state index contributed by atoms with van der Waals surface area (Å²) in [6.45, 7) is 4.03. The predicted molar refractivity (Wildman–Crippen MR) is 86.0 cm³/mol. The number of piperidine rings is 1. The number of halogens is 1. The first-order valence-corrected chi connectivity index (χ1v) is 8.24. The molecule has 2 aliphatic rings. The fraction of sp³-hybridized carbons (Fsp3) is 0.667. The van der Waals surface area contributed by atoms with Crippen LogP contribution in [-0.4, -0.2) is 73.4 Å². The number of anilines is 1. The number of carbonyl (C=O) groups excluding carboxylic acids is 1. The van der Waals surface area contributed by atoms with Crippen LogP contribution in [0.2, 0.25) is 5.02 Å². The molecule has 2 saturated heterocycles. The van der Waals surface area contributed by atoms with E-state index in [4.69, 9.17) is 21.1 Å². The molecule has 0 saturated carbocycles. The number of rotatable bonds is 3. The standard InChI is InChI=1S/C15H21ClN4O3/c1-22-11-2-4-19(5-3-11)14(21)13-12(16)10-17-15(18-13)20-6-8-23-9-7-20/h10-11H,2-9H2,1H3. The Balaban J connectivity index is 1.74. The number of morpholine rings is 1. The van der Waals surface area contributed by atoms with Gasteiger partial charge in [-0.3, -0.25) is 4.79 Å². The third-order valence-corrected chi connectivity index (χ3v) is 4.57. The maximum absolute atomic E-state index is 12.7. The smallest absolute Gasteiger partial charge is 0.274 e. The molecule has 8 heteroatoms. The van der Waals surface area contributed by atoms with Crippen LogP contribution in [0.15, 0.2) is 6.20 Å². The van der Waals surface area contributed by atoms with Gasteiger partial charge in [0.2, 0.25) is 5.95 Å². The summed E-state index contributed by atoms with van der Waals surface area (Å²) < 4.78 is 10.7. The molecule has 0 aliphatic carbocycles. The van der Waals surface area contributed by atoms with Gasteiger partial charge in [0.15, 0.2) is 5.69 Å². The molecular formula is C15H21ClN4O3. The molecule has 0 aromatic carbocycles. The summed E-state index contributed by atoms with van der Waals surface area (Å²) in [6.07, 6.45) is 3.40. The van der Waals surface area contributed by atoms with Crippen molar-refractivity contribution in [1.82, 2.24) is 14.9 Å². The van der Waals surface area contributed by atoms with Crippen LogP contribution in [0.4, 0.5) is 5.95 Å². The van der Waals surface area contributed by atoms with E-state index in [0.717, 1.165) is 12.8 Å². The molecular weight excluding hydrogens is 320 g/mol. The highest BCUT2D eigenvalue weighted by molar-refractivity contribution is 6.33. The largest absolute Gasteiger partial charge is 0.381 e. The first-order valence-electron chi connectivity index (χ1n) is 7.86. The molecule has 0 unspecified atom stereocenters. The summed E-state index contributed by atoms with van der Waals surface area (Å²) in [5.41, 5.74) is 0.277. The molecule has 2 fully saturated rings. The van der Waals surface area contributed by atoms with Gasteiger partial charge in [-0.1, -0.05) is 11.6 Å². The van der Waals surface area contributed by atoms with Crippen LogP contribution in [0.25, 0.3) is 0 Å². The van der Waals surface area contributed by atoms with Crippen molar-refractivity contribution in [2.24, 2.45) is 0 Å². The SMILES string of the molecule is COC1CCN(C(=O)c2nc(N3CCOCC3)ncc2Cl)CC1. The van der Waals surface area contributed by atoms with E-state index < -0.39 is 0 Å². The highest BCUT2D eigenvalue weighted by Gasteiger charge is 2.27. The second-order valence-corrected chi connectivity index (χ2v) is 6.10. The molecule has 0 atom stereocenters. The Bertz CT molecular complexity index is 558. The summed E-state index contributed by atoms with van der Waals surface area (Å²) in [7, 11) is 1.71. The molecule has 2 aliphatic heterocycles. The first-order chi connectivity index (χ1) is 11.2. The second-order valence-electron chi connectivity index (χ2n) is 5.69. The topological polar surface area (TPSA) is 67.8 Å².